The van der Waals surface area contributed by atoms with E-state index in [1.165, 1.54) is 0 Å². The van der Waals surface area contributed by atoms with Crippen LogP contribution in [0.2, 0.25) is 0 Å². The molecule has 0 aliphatic heterocycles. The summed E-state index contributed by atoms with van der Waals surface area (Å²) in [6.45, 7) is 2.53. The van der Waals surface area contributed by atoms with Gasteiger partial charge in [-0.05, 0) is 18.6 Å². The smallest absolute Gasteiger partial charge is 0.198 e. The summed E-state index contributed by atoms with van der Waals surface area (Å²) in [5.41, 5.74) is 0.668. The van der Waals surface area contributed by atoms with Gasteiger partial charge in [0, 0.05) is 0 Å². The second-order valence-corrected chi connectivity index (χ2v) is 3.18. The molecule has 0 bridgehead atoms. The predicted octanol–water partition coefficient (Wildman–Crippen LogP) is 1.70. The normalized spacial score (nSPS) is 12.4. The summed E-state index contributed by atoms with van der Waals surface area (Å²) < 4.78 is 5.15. The molecule has 1 aromatic rings. The second-order valence-electron chi connectivity index (χ2n) is 3.18. The number of nitrogens with zero attached hydrogens (tertiary/aromatic N) is 1. The lowest BCUT2D eigenvalue weighted by Gasteiger charge is -2.10. The van der Waals surface area contributed by atoms with Crippen molar-refractivity contribution in [3.05, 3.63) is 29.6 Å². The van der Waals surface area contributed by atoms with Crippen LogP contribution >= 0.6 is 0 Å². The molecule has 0 aliphatic carbocycles. The summed E-state index contributed by atoms with van der Waals surface area (Å²) in [7, 11) is 0. The summed E-state index contributed by atoms with van der Waals surface area (Å²) in [4.78, 5) is 14.4. The van der Waals surface area contributed by atoms with Gasteiger partial charge in [0.1, 0.15) is 5.69 Å². The summed E-state index contributed by atoms with van der Waals surface area (Å²) in [6, 6.07) is 4.87. The van der Waals surface area contributed by atoms with Crippen LogP contribution in [0, 0.1) is 0 Å². The SMILES string of the molecule is CCCCOC(O)c1cccc(C=O)n1. The monoisotopic (exact) mass is 209 g/mol. The molecule has 4 nitrogen and oxygen atoms in total. The Bertz CT molecular complexity index is 314. The maximum Gasteiger partial charge on any atom is 0.198 e. The number of ether oxygens (including phenoxy) is 1. The number of aliphatic hydroxyl groups excluding tert-OH is 1. The number of carbonyl (C=O) groups excluding carboxylic acids is 1. The van der Waals surface area contributed by atoms with E-state index in [1.807, 2.05) is 6.92 Å². The largest absolute Gasteiger partial charge is 0.363 e. The average molecular weight is 209 g/mol. The van der Waals surface area contributed by atoms with E-state index in [1.54, 1.807) is 18.2 Å². The van der Waals surface area contributed by atoms with Crippen LogP contribution in [0.1, 0.15) is 42.2 Å². The molecule has 0 fully saturated rings. The van der Waals surface area contributed by atoms with E-state index in [0.29, 0.717) is 24.3 Å². The van der Waals surface area contributed by atoms with Gasteiger partial charge in [-0.2, -0.15) is 0 Å². The molecule has 0 aliphatic rings. The average Bonchev–Trinajstić information content (AvgIpc) is 2.29. The van der Waals surface area contributed by atoms with Gasteiger partial charge in [-0.3, -0.25) is 4.79 Å². The number of rotatable bonds is 6. The Morgan fingerprint density at radius 3 is 3.07 bits per heavy atom. The Morgan fingerprint density at radius 2 is 2.40 bits per heavy atom. The maximum absolute atomic E-state index is 10.5. The number of carbonyl (C=O) groups is 1. The van der Waals surface area contributed by atoms with E-state index < -0.39 is 6.29 Å². The van der Waals surface area contributed by atoms with Crippen LogP contribution in [0.3, 0.4) is 0 Å². The molecule has 1 rings (SSSR count). The molecule has 4 heteroatoms. The van der Waals surface area contributed by atoms with Crippen molar-refractivity contribution in [3.63, 3.8) is 0 Å². The molecule has 0 amide bonds. The molecular weight excluding hydrogens is 194 g/mol. The number of hydrogen-bond donors (Lipinski definition) is 1. The van der Waals surface area contributed by atoms with Crippen LogP contribution in [0.15, 0.2) is 18.2 Å². The van der Waals surface area contributed by atoms with Crippen LogP contribution in [0.5, 0.6) is 0 Å². The highest BCUT2D eigenvalue weighted by Gasteiger charge is 2.09. The number of unbranched alkanes of at least 4 members (excludes halogenated alkanes) is 1. The fourth-order valence-corrected chi connectivity index (χ4v) is 1.10. The minimum atomic E-state index is -1.04. The first-order valence-electron chi connectivity index (χ1n) is 4.99. The fourth-order valence-electron chi connectivity index (χ4n) is 1.10. The van der Waals surface area contributed by atoms with Crippen molar-refractivity contribution >= 4 is 6.29 Å². The molecule has 0 saturated carbocycles. The standard InChI is InChI=1S/C11H15NO3/c1-2-3-7-15-11(14)10-6-4-5-9(8-13)12-10/h4-6,8,11,14H,2-3,7H2,1H3. The molecular formula is C11H15NO3. The zero-order valence-corrected chi connectivity index (χ0v) is 8.72. The molecule has 0 aromatic carbocycles. The number of hydrogen-bond acceptors (Lipinski definition) is 4. The van der Waals surface area contributed by atoms with Crippen LogP contribution in [0.4, 0.5) is 0 Å². The third-order valence-electron chi connectivity index (χ3n) is 1.94. The van der Waals surface area contributed by atoms with Crippen LogP contribution in [-0.4, -0.2) is 23.0 Å². The van der Waals surface area contributed by atoms with Crippen LogP contribution in [0.25, 0.3) is 0 Å². The highest BCUT2D eigenvalue weighted by atomic mass is 16.6. The Kier molecular flexibility index (Phi) is 4.93. The predicted molar refractivity (Wildman–Crippen MR) is 55.4 cm³/mol. The van der Waals surface area contributed by atoms with Gasteiger partial charge in [0.05, 0.1) is 12.3 Å². The molecule has 1 atom stereocenters. The summed E-state index contributed by atoms with van der Waals surface area (Å²) in [6.07, 6.45) is 1.50. The molecule has 1 N–H and O–H groups in total. The molecule has 1 unspecified atom stereocenters. The Balaban J connectivity index is 2.56. The van der Waals surface area contributed by atoms with E-state index in [2.05, 4.69) is 4.98 Å². The van der Waals surface area contributed by atoms with Crippen LogP contribution in [-0.2, 0) is 4.74 Å². The zero-order valence-electron chi connectivity index (χ0n) is 8.72. The van der Waals surface area contributed by atoms with Gasteiger partial charge in [0.15, 0.2) is 12.6 Å². The molecule has 1 heterocycles. The molecule has 0 radical (unpaired) electrons. The van der Waals surface area contributed by atoms with Gasteiger partial charge in [0.25, 0.3) is 0 Å². The van der Waals surface area contributed by atoms with Crippen molar-refractivity contribution in [1.82, 2.24) is 4.98 Å². The summed E-state index contributed by atoms with van der Waals surface area (Å²) >= 11 is 0. The Labute approximate surface area is 88.9 Å². The third kappa shape index (κ3) is 3.77. The van der Waals surface area contributed by atoms with Crippen molar-refractivity contribution in [2.45, 2.75) is 26.1 Å². The number of aromatic nitrogens is 1. The quantitative estimate of drug-likeness (QED) is 0.440. The van der Waals surface area contributed by atoms with Gasteiger partial charge in [-0.15, -0.1) is 0 Å². The van der Waals surface area contributed by atoms with Crippen molar-refractivity contribution in [2.75, 3.05) is 6.61 Å². The lowest BCUT2D eigenvalue weighted by molar-refractivity contribution is -0.106. The van der Waals surface area contributed by atoms with Gasteiger partial charge >= 0.3 is 0 Å². The molecule has 0 spiro atoms. The number of aldehydes is 1. The zero-order chi connectivity index (χ0) is 11.1. The minimum absolute atomic E-state index is 0.297. The Morgan fingerprint density at radius 1 is 1.60 bits per heavy atom. The summed E-state index contributed by atoms with van der Waals surface area (Å²) in [5, 5.41) is 9.57. The van der Waals surface area contributed by atoms with Gasteiger partial charge in [-0.25, -0.2) is 4.98 Å². The van der Waals surface area contributed by atoms with E-state index in [4.69, 9.17) is 4.74 Å². The third-order valence-corrected chi connectivity index (χ3v) is 1.94. The van der Waals surface area contributed by atoms with Crippen molar-refractivity contribution in [1.29, 1.82) is 0 Å². The molecule has 1 aromatic heterocycles. The molecule has 0 saturated heterocycles. The second kappa shape index (κ2) is 6.27. The summed E-state index contributed by atoms with van der Waals surface area (Å²) in [5.74, 6) is 0. The first-order chi connectivity index (χ1) is 7.27. The fraction of sp³-hybridized carbons (Fsp3) is 0.455. The highest BCUT2D eigenvalue weighted by Crippen LogP contribution is 2.12. The van der Waals surface area contributed by atoms with Crippen molar-refractivity contribution in [2.24, 2.45) is 0 Å². The van der Waals surface area contributed by atoms with E-state index >= 15 is 0 Å². The first-order valence-corrected chi connectivity index (χ1v) is 4.99. The van der Waals surface area contributed by atoms with Crippen LogP contribution < -0.4 is 0 Å². The van der Waals surface area contributed by atoms with Gasteiger partial charge in [0.2, 0.25) is 0 Å². The van der Waals surface area contributed by atoms with E-state index in [0.717, 1.165) is 12.8 Å². The minimum Gasteiger partial charge on any atom is -0.363 e. The molecule has 15 heavy (non-hydrogen) atoms. The van der Waals surface area contributed by atoms with Gasteiger partial charge in [-0.1, -0.05) is 19.4 Å². The lowest BCUT2D eigenvalue weighted by atomic mass is 10.3. The first kappa shape index (κ1) is 11.8. The number of aliphatic hydroxyl groups is 1. The highest BCUT2D eigenvalue weighted by molar-refractivity contribution is 5.71. The van der Waals surface area contributed by atoms with Gasteiger partial charge < -0.3 is 9.84 Å². The topological polar surface area (TPSA) is 59.4 Å². The maximum atomic E-state index is 10.5. The lowest BCUT2D eigenvalue weighted by Crippen LogP contribution is -2.07. The molecule has 82 valence electrons. The van der Waals surface area contributed by atoms with E-state index in [-0.39, 0.29) is 0 Å². The van der Waals surface area contributed by atoms with Crippen molar-refractivity contribution < 1.29 is 14.6 Å². The Hall–Kier alpha value is -1.26. The van der Waals surface area contributed by atoms with Crippen molar-refractivity contribution in [3.8, 4) is 0 Å². The van der Waals surface area contributed by atoms with E-state index in [9.17, 15) is 9.90 Å². The number of pyridine rings is 1.